The number of nitriles is 1. The first-order chi connectivity index (χ1) is 9.82. The summed E-state index contributed by atoms with van der Waals surface area (Å²) >= 11 is 0. The van der Waals surface area contributed by atoms with Gasteiger partial charge in [0.15, 0.2) is 0 Å². The number of piperazine rings is 1. The number of nitro benzene ring substituents is 1. The molecule has 8 nitrogen and oxygen atoms in total. The van der Waals surface area contributed by atoms with Crippen LogP contribution in [0.15, 0.2) is 18.2 Å². The van der Waals surface area contributed by atoms with Crippen LogP contribution in [0.3, 0.4) is 0 Å². The van der Waals surface area contributed by atoms with Crippen molar-refractivity contribution in [3.63, 3.8) is 0 Å². The maximum absolute atomic E-state index is 11.5. The standard InChI is InChI=1S/C12H14N4O4S/c1-21(19,20)15-6-4-14(5-7-15)11-3-2-10(9-13)8-12(11)16(17)18/h2-3,8H,4-7H2,1H3. The molecule has 112 valence electrons. The monoisotopic (exact) mass is 310 g/mol. The molecule has 1 fully saturated rings. The molecule has 9 heteroatoms. The highest BCUT2D eigenvalue weighted by atomic mass is 32.2. The van der Waals surface area contributed by atoms with Crippen molar-refractivity contribution < 1.29 is 13.3 Å². The summed E-state index contributed by atoms with van der Waals surface area (Å²) in [6, 6.07) is 6.16. The first kappa shape index (κ1) is 15.2. The van der Waals surface area contributed by atoms with Crippen molar-refractivity contribution in [1.29, 1.82) is 5.26 Å². The fourth-order valence-corrected chi connectivity index (χ4v) is 3.09. The molecule has 1 saturated heterocycles. The molecule has 0 aromatic heterocycles. The van der Waals surface area contributed by atoms with Crippen molar-refractivity contribution in [3.05, 3.63) is 33.9 Å². The van der Waals surface area contributed by atoms with E-state index in [1.807, 2.05) is 6.07 Å². The van der Waals surface area contributed by atoms with Gasteiger partial charge in [0.1, 0.15) is 5.69 Å². The van der Waals surface area contributed by atoms with E-state index in [0.717, 1.165) is 6.26 Å². The SMILES string of the molecule is CS(=O)(=O)N1CCN(c2ccc(C#N)cc2[N+](=O)[O-])CC1. The Morgan fingerprint density at radius 2 is 1.90 bits per heavy atom. The van der Waals surface area contributed by atoms with Crippen LogP contribution in [0.1, 0.15) is 5.56 Å². The first-order valence-corrected chi connectivity index (χ1v) is 8.06. The third kappa shape index (κ3) is 3.29. The van der Waals surface area contributed by atoms with Crippen molar-refractivity contribution in [2.45, 2.75) is 0 Å². The van der Waals surface area contributed by atoms with Gasteiger partial charge in [-0.15, -0.1) is 0 Å². The fourth-order valence-electron chi connectivity index (χ4n) is 2.27. The van der Waals surface area contributed by atoms with E-state index in [1.54, 1.807) is 4.90 Å². The lowest BCUT2D eigenvalue weighted by atomic mass is 10.1. The van der Waals surface area contributed by atoms with Crippen molar-refractivity contribution in [2.24, 2.45) is 0 Å². The molecule has 0 atom stereocenters. The maximum Gasteiger partial charge on any atom is 0.293 e. The summed E-state index contributed by atoms with van der Waals surface area (Å²) in [7, 11) is -3.24. The van der Waals surface area contributed by atoms with Crippen molar-refractivity contribution in [3.8, 4) is 6.07 Å². The molecule has 0 unspecified atom stereocenters. The van der Waals surface area contributed by atoms with Crippen LogP contribution in [0.5, 0.6) is 0 Å². The van der Waals surface area contributed by atoms with Crippen LogP contribution in [-0.4, -0.2) is 50.1 Å². The predicted octanol–water partition coefficient (Wildman–Crippen LogP) is 0.548. The average Bonchev–Trinajstić information content (AvgIpc) is 2.45. The third-order valence-corrected chi connectivity index (χ3v) is 4.65. The van der Waals surface area contributed by atoms with Gasteiger partial charge in [0.25, 0.3) is 5.69 Å². The van der Waals surface area contributed by atoms with Gasteiger partial charge in [-0.3, -0.25) is 10.1 Å². The van der Waals surface area contributed by atoms with Crippen molar-refractivity contribution >= 4 is 21.4 Å². The van der Waals surface area contributed by atoms with E-state index < -0.39 is 14.9 Å². The summed E-state index contributed by atoms with van der Waals surface area (Å²) in [5.74, 6) is 0. The minimum atomic E-state index is -3.24. The predicted molar refractivity (Wildman–Crippen MR) is 76.4 cm³/mol. The Morgan fingerprint density at radius 1 is 1.29 bits per heavy atom. The minimum Gasteiger partial charge on any atom is -0.363 e. The smallest absolute Gasteiger partial charge is 0.293 e. The summed E-state index contributed by atoms with van der Waals surface area (Å²) in [6.07, 6.45) is 1.15. The number of nitrogens with zero attached hydrogens (tertiary/aromatic N) is 4. The fraction of sp³-hybridized carbons (Fsp3) is 0.417. The van der Waals surface area contributed by atoms with Gasteiger partial charge in [-0.1, -0.05) is 0 Å². The van der Waals surface area contributed by atoms with Gasteiger partial charge in [-0.25, -0.2) is 8.42 Å². The molecular formula is C12H14N4O4S. The molecule has 1 aromatic rings. The molecule has 2 rings (SSSR count). The Morgan fingerprint density at radius 3 is 2.38 bits per heavy atom. The Bertz CT molecular complexity index is 702. The molecule has 21 heavy (non-hydrogen) atoms. The zero-order chi connectivity index (χ0) is 15.6. The van der Waals surface area contributed by atoms with Gasteiger partial charge >= 0.3 is 0 Å². The third-order valence-electron chi connectivity index (χ3n) is 3.35. The summed E-state index contributed by atoms with van der Waals surface area (Å²) < 4.78 is 24.2. The molecular weight excluding hydrogens is 296 g/mol. The second kappa shape index (κ2) is 5.67. The quantitative estimate of drug-likeness (QED) is 0.596. The minimum absolute atomic E-state index is 0.137. The molecule has 1 heterocycles. The molecule has 0 N–H and O–H groups in total. The first-order valence-electron chi connectivity index (χ1n) is 6.21. The van der Waals surface area contributed by atoms with Gasteiger partial charge in [-0.05, 0) is 12.1 Å². The highest BCUT2D eigenvalue weighted by Gasteiger charge is 2.27. The molecule has 0 spiro atoms. The topological polar surface area (TPSA) is 108 Å². The Balaban J connectivity index is 2.25. The largest absolute Gasteiger partial charge is 0.363 e. The zero-order valence-corrected chi connectivity index (χ0v) is 12.2. The van der Waals surface area contributed by atoms with Crippen LogP contribution in [0.4, 0.5) is 11.4 Å². The van der Waals surface area contributed by atoms with Gasteiger partial charge in [0, 0.05) is 32.2 Å². The molecule has 1 aromatic carbocycles. The maximum atomic E-state index is 11.5. The highest BCUT2D eigenvalue weighted by molar-refractivity contribution is 7.88. The van der Waals surface area contributed by atoms with Crippen LogP contribution >= 0.6 is 0 Å². The van der Waals surface area contributed by atoms with Crippen LogP contribution in [0.25, 0.3) is 0 Å². The summed E-state index contributed by atoms with van der Waals surface area (Å²) in [5, 5.41) is 19.9. The van der Waals surface area contributed by atoms with E-state index in [9.17, 15) is 18.5 Å². The number of nitro groups is 1. The van der Waals surface area contributed by atoms with E-state index in [-0.39, 0.29) is 24.3 Å². The second-order valence-corrected chi connectivity index (χ2v) is 6.70. The van der Waals surface area contributed by atoms with E-state index in [0.29, 0.717) is 18.8 Å². The number of anilines is 1. The number of rotatable bonds is 3. The highest BCUT2D eigenvalue weighted by Crippen LogP contribution is 2.30. The lowest BCUT2D eigenvalue weighted by Gasteiger charge is -2.34. The van der Waals surface area contributed by atoms with Gasteiger partial charge in [-0.2, -0.15) is 9.57 Å². The lowest BCUT2D eigenvalue weighted by Crippen LogP contribution is -2.48. The van der Waals surface area contributed by atoms with Crippen LogP contribution < -0.4 is 4.90 Å². The van der Waals surface area contributed by atoms with Gasteiger partial charge < -0.3 is 4.90 Å². The molecule has 0 bridgehead atoms. The number of sulfonamides is 1. The number of benzene rings is 1. The van der Waals surface area contributed by atoms with Crippen molar-refractivity contribution in [2.75, 3.05) is 37.3 Å². The normalized spacial score (nSPS) is 16.5. The molecule has 1 aliphatic rings. The van der Waals surface area contributed by atoms with E-state index in [1.165, 1.54) is 22.5 Å². The van der Waals surface area contributed by atoms with Crippen LogP contribution in [0.2, 0.25) is 0 Å². The molecule has 0 aliphatic carbocycles. The Kier molecular flexibility index (Phi) is 4.11. The molecule has 0 amide bonds. The molecule has 0 saturated carbocycles. The molecule has 0 radical (unpaired) electrons. The van der Waals surface area contributed by atoms with Crippen molar-refractivity contribution in [1.82, 2.24) is 4.31 Å². The number of hydrogen-bond donors (Lipinski definition) is 0. The second-order valence-electron chi connectivity index (χ2n) is 4.72. The van der Waals surface area contributed by atoms with Gasteiger partial charge in [0.2, 0.25) is 10.0 Å². The summed E-state index contributed by atoms with van der Waals surface area (Å²) in [4.78, 5) is 12.4. The van der Waals surface area contributed by atoms with E-state index >= 15 is 0 Å². The average molecular weight is 310 g/mol. The van der Waals surface area contributed by atoms with Crippen LogP contribution in [0, 0.1) is 21.4 Å². The number of hydrogen-bond acceptors (Lipinski definition) is 6. The van der Waals surface area contributed by atoms with E-state index in [4.69, 9.17) is 5.26 Å². The summed E-state index contributed by atoms with van der Waals surface area (Å²) in [5.41, 5.74) is 0.495. The molecule has 1 aliphatic heterocycles. The summed E-state index contributed by atoms with van der Waals surface area (Å²) in [6.45, 7) is 1.32. The van der Waals surface area contributed by atoms with E-state index in [2.05, 4.69) is 0 Å². The zero-order valence-electron chi connectivity index (χ0n) is 11.4. The lowest BCUT2D eigenvalue weighted by molar-refractivity contribution is -0.384. The van der Waals surface area contributed by atoms with Gasteiger partial charge in [0.05, 0.1) is 22.8 Å². The Labute approximate surface area is 122 Å². The Hall–Kier alpha value is -2.18. The van der Waals surface area contributed by atoms with Crippen LogP contribution in [-0.2, 0) is 10.0 Å².